The van der Waals surface area contributed by atoms with Gasteiger partial charge in [0.15, 0.2) is 0 Å². The summed E-state index contributed by atoms with van der Waals surface area (Å²) in [4.78, 5) is 0. The normalized spacial score (nSPS) is 13.2. The van der Waals surface area contributed by atoms with Crippen LogP contribution < -0.4 is 5.32 Å². The Kier molecular flexibility index (Phi) is 9.32. The summed E-state index contributed by atoms with van der Waals surface area (Å²) in [5.74, 6) is 0. The van der Waals surface area contributed by atoms with E-state index in [2.05, 4.69) is 72.2 Å². The average Bonchev–Trinajstić information content (AvgIpc) is 2.46. The zero-order valence-electron chi connectivity index (χ0n) is 16.2. The van der Waals surface area contributed by atoms with Gasteiger partial charge in [-0.3, -0.25) is 0 Å². The average molecular weight is 314 g/mol. The quantitative estimate of drug-likeness (QED) is 0.504. The van der Waals surface area contributed by atoms with Crippen molar-refractivity contribution in [2.75, 3.05) is 6.54 Å². The van der Waals surface area contributed by atoms with E-state index >= 15 is 0 Å². The van der Waals surface area contributed by atoms with Gasteiger partial charge in [-0.2, -0.15) is 0 Å². The van der Waals surface area contributed by atoms with Crippen LogP contribution in [0.25, 0.3) is 0 Å². The standard InChI is InChI=1S/C22H35N/c1-10-12-13-20(11-2)16-23-19(6)21(18(5)17(3)4)14-15-22(7,8)9/h10-14,23H,2,6,15-16H2,1,3-5,7-9H3/b12-10-,20-13+,21-14+. The maximum Gasteiger partial charge on any atom is 0.0400 e. The van der Waals surface area contributed by atoms with E-state index in [1.54, 1.807) is 0 Å². The predicted molar refractivity (Wildman–Crippen MR) is 106 cm³/mol. The molecule has 23 heavy (non-hydrogen) atoms. The molecule has 0 atom stereocenters. The Bertz CT molecular complexity index is 527. The Balaban J connectivity index is 5.24. The summed E-state index contributed by atoms with van der Waals surface area (Å²) in [6, 6.07) is 0. The fourth-order valence-corrected chi connectivity index (χ4v) is 1.90. The van der Waals surface area contributed by atoms with Crippen LogP contribution in [0.1, 0.15) is 54.9 Å². The summed E-state index contributed by atoms with van der Waals surface area (Å²) in [6.07, 6.45) is 11.3. The van der Waals surface area contributed by atoms with Crippen molar-refractivity contribution in [2.45, 2.75) is 54.9 Å². The largest absolute Gasteiger partial charge is 0.381 e. The molecule has 0 saturated carbocycles. The third-order valence-corrected chi connectivity index (χ3v) is 3.67. The molecule has 0 amide bonds. The lowest BCUT2D eigenvalue weighted by molar-refractivity contribution is 0.420. The lowest BCUT2D eigenvalue weighted by Crippen LogP contribution is -2.18. The third-order valence-electron chi connectivity index (χ3n) is 3.67. The number of allylic oxidation sites excluding steroid dienone is 6. The highest BCUT2D eigenvalue weighted by Crippen LogP contribution is 2.25. The highest BCUT2D eigenvalue weighted by Gasteiger charge is 2.12. The van der Waals surface area contributed by atoms with Crippen LogP contribution in [0.2, 0.25) is 0 Å². The topological polar surface area (TPSA) is 12.0 Å². The molecular formula is C22H35N. The van der Waals surface area contributed by atoms with E-state index in [4.69, 9.17) is 0 Å². The molecule has 0 heterocycles. The molecule has 0 fully saturated rings. The van der Waals surface area contributed by atoms with Gasteiger partial charge < -0.3 is 5.32 Å². The van der Waals surface area contributed by atoms with Crippen LogP contribution >= 0.6 is 0 Å². The van der Waals surface area contributed by atoms with Crippen molar-refractivity contribution in [3.8, 4) is 0 Å². The summed E-state index contributed by atoms with van der Waals surface area (Å²) in [5, 5.41) is 3.44. The number of hydrogen-bond acceptors (Lipinski definition) is 1. The minimum Gasteiger partial charge on any atom is -0.381 e. The van der Waals surface area contributed by atoms with E-state index in [0.717, 1.165) is 24.2 Å². The van der Waals surface area contributed by atoms with Gasteiger partial charge in [0.05, 0.1) is 0 Å². The minimum atomic E-state index is 0.269. The molecule has 128 valence electrons. The number of nitrogens with one attached hydrogen (secondary N) is 1. The van der Waals surface area contributed by atoms with Crippen LogP contribution in [-0.2, 0) is 0 Å². The number of hydrogen-bond donors (Lipinski definition) is 1. The van der Waals surface area contributed by atoms with Gasteiger partial charge in [-0.25, -0.2) is 0 Å². The molecule has 0 spiro atoms. The maximum atomic E-state index is 4.25. The van der Waals surface area contributed by atoms with E-state index < -0.39 is 0 Å². The summed E-state index contributed by atoms with van der Waals surface area (Å²) in [7, 11) is 0. The Labute approximate surface area is 144 Å². The van der Waals surface area contributed by atoms with Crippen molar-refractivity contribution < 1.29 is 0 Å². The predicted octanol–water partition coefficient (Wildman–Crippen LogP) is 6.50. The molecule has 0 saturated heterocycles. The van der Waals surface area contributed by atoms with Crippen LogP contribution in [0, 0.1) is 5.41 Å². The van der Waals surface area contributed by atoms with Crippen LogP contribution in [0.5, 0.6) is 0 Å². The van der Waals surface area contributed by atoms with Crippen molar-refractivity contribution >= 4 is 0 Å². The molecule has 0 aliphatic rings. The molecular weight excluding hydrogens is 278 g/mol. The third kappa shape index (κ3) is 9.07. The summed E-state index contributed by atoms with van der Waals surface area (Å²) < 4.78 is 0. The molecule has 1 nitrogen and oxygen atoms in total. The second kappa shape index (κ2) is 10.1. The number of rotatable bonds is 8. The van der Waals surface area contributed by atoms with E-state index in [1.807, 2.05) is 25.2 Å². The lowest BCUT2D eigenvalue weighted by atomic mass is 9.89. The van der Waals surface area contributed by atoms with E-state index in [-0.39, 0.29) is 5.41 Å². The Morgan fingerprint density at radius 3 is 2.17 bits per heavy atom. The Hall–Kier alpha value is -1.76. The van der Waals surface area contributed by atoms with Crippen LogP contribution in [0.3, 0.4) is 0 Å². The van der Waals surface area contributed by atoms with Gasteiger partial charge in [-0.05, 0) is 56.3 Å². The molecule has 0 aliphatic carbocycles. The second-order valence-electron chi connectivity index (χ2n) is 7.31. The van der Waals surface area contributed by atoms with Gasteiger partial charge in [0, 0.05) is 12.2 Å². The first-order chi connectivity index (χ1) is 10.6. The molecule has 1 N–H and O–H groups in total. The monoisotopic (exact) mass is 313 g/mol. The molecule has 0 aromatic heterocycles. The van der Waals surface area contributed by atoms with Gasteiger partial charge in [0.1, 0.15) is 0 Å². The van der Waals surface area contributed by atoms with Gasteiger partial charge in [0.25, 0.3) is 0 Å². The fraction of sp³-hybridized carbons (Fsp3) is 0.455. The molecule has 0 unspecified atom stereocenters. The zero-order valence-corrected chi connectivity index (χ0v) is 16.2. The molecule has 0 radical (unpaired) electrons. The molecule has 0 rings (SSSR count). The molecule has 0 aliphatic heterocycles. The van der Waals surface area contributed by atoms with Crippen molar-refractivity contribution in [1.82, 2.24) is 5.32 Å². The molecule has 1 heteroatoms. The summed E-state index contributed by atoms with van der Waals surface area (Å²) in [6.45, 7) is 24.1. The van der Waals surface area contributed by atoms with Crippen molar-refractivity contribution in [3.05, 3.63) is 71.5 Å². The smallest absolute Gasteiger partial charge is 0.0400 e. The summed E-state index contributed by atoms with van der Waals surface area (Å²) >= 11 is 0. The highest BCUT2D eigenvalue weighted by atomic mass is 14.9. The van der Waals surface area contributed by atoms with E-state index in [1.165, 1.54) is 16.7 Å². The van der Waals surface area contributed by atoms with Gasteiger partial charge in [0.2, 0.25) is 0 Å². The summed E-state index contributed by atoms with van der Waals surface area (Å²) in [5.41, 5.74) is 6.22. The van der Waals surface area contributed by atoms with Gasteiger partial charge in [-0.15, -0.1) is 0 Å². The minimum absolute atomic E-state index is 0.269. The fourth-order valence-electron chi connectivity index (χ4n) is 1.90. The molecule has 0 aromatic carbocycles. The maximum absolute atomic E-state index is 4.25. The molecule has 0 aromatic rings. The van der Waals surface area contributed by atoms with E-state index in [9.17, 15) is 0 Å². The second-order valence-corrected chi connectivity index (χ2v) is 7.31. The Morgan fingerprint density at radius 2 is 1.74 bits per heavy atom. The SMILES string of the molecule is C=C/C(=C\C=C/C)CNC(=C)/C(=C/CC(C)(C)C)C(C)=C(C)C. The van der Waals surface area contributed by atoms with Gasteiger partial charge >= 0.3 is 0 Å². The van der Waals surface area contributed by atoms with Gasteiger partial charge in [-0.1, -0.05) is 69.9 Å². The van der Waals surface area contributed by atoms with Crippen LogP contribution in [0.15, 0.2) is 71.5 Å². The van der Waals surface area contributed by atoms with Crippen molar-refractivity contribution in [1.29, 1.82) is 0 Å². The van der Waals surface area contributed by atoms with E-state index in [0.29, 0.717) is 0 Å². The first-order valence-electron chi connectivity index (χ1n) is 8.34. The van der Waals surface area contributed by atoms with Crippen molar-refractivity contribution in [3.63, 3.8) is 0 Å². The van der Waals surface area contributed by atoms with Crippen LogP contribution in [0.4, 0.5) is 0 Å². The Morgan fingerprint density at radius 1 is 1.13 bits per heavy atom. The first-order valence-corrected chi connectivity index (χ1v) is 8.34. The lowest BCUT2D eigenvalue weighted by Gasteiger charge is -2.20. The highest BCUT2D eigenvalue weighted by molar-refractivity contribution is 5.45. The first kappa shape index (κ1) is 21.2. The van der Waals surface area contributed by atoms with Crippen LogP contribution in [-0.4, -0.2) is 6.54 Å². The molecule has 0 bridgehead atoms. The van der Waals surface area contributed by atoms with Crippen molar-refractivity contribution in [2.24, 2.45) is 5.41 Å². The zero-order chi connectivity index (χ0) is 18.0.